The van der Waals surface area contributed by atoms with Gasteiger partial charge in [-0.3, -0.25) is 19.2 Å². The van der Waals surface area contributed by atoms with Gasteiger partial charge in [0.25, 0.3) is 5.91 Å². The number of Topliss-reactive ketones (excluding diaryl/α,β-unsaturated/α-hetero) is 1. The third-order valence-corrected chi connectivity index (χ3v) is 10.7. The van der Waals surface area contributed by atoms with Gasteiger partial charge in [-0.05, 0) is 75.2 Å². The summed E-state index contributed by atoms with van der Waals surface area (Å²) < 4.78 is 257. The van der Waals surface area contributed by atoms with Crippen LogP contribution in [0.25, 0.3) is 0 Å². The zero-order chi connectivity index (χ0) is 61.1. The highest BCUT2D eigenvalue weighted by Crippen LogP contribution is 2.65. The van der Waals surface area contributed by atoms with Gasteiger partial charge in [-0.15, -0.1) is 0 Å². The van der Waals surface area contributed by atoms with E-state index in [1.807, 2.05) is 10.6 Å². The summed E-state index contributed by atoms with van der Waals surface area (Å²) in [4.78, 5) is 72.0. The van der Waals surface area contributed by atoms with E-state index in [0.29, 0.717) is 17.7 Å². The highest BCUT2D eigenvalue weighted by atomic mass is 32.2. The minimum absolute atomic E-state index is 0.339. The number of carbonyl (C=O) groups excluding carboxylic acids is 5. The van der Waals surface area contributed by atoms with E-state index in [9.17, 15) is 27.6 Å². The third-order valence-electron chi connectivity index (χ3n) is 8.99. The molecule has 0 spiro atoms. The van der Waals surface area contributed by atoms with Gasteiger partial charge in [0.05, 0.1) is 22.1 Å². The van der Waals surface area contributed by atoms with Crippen molar-refractivity contribution in [2.45, 2.75) is 160 Å². The lowest BCUT2D eigenvalue weighted by molar-refractivity contribution is -0.145. The molecule has 0 aromatic carbocycles. The summed E-state index contributed by atoms with van der Waals surface area (Å²) in [5.41, 5.74) is -7.30. The smallest absolute Gasteiger partial charge is 0.315 e. The molecule has 4 rings (SSSR count). The Hall–Kier alpha value is -2.70. The molecule has 3 saturated carbocycles. The highest BCUT2D eigenvalue weighted by molar-refractivity contribution is 7.92. The summed E-state index contributed by atoms with van der Waals surface area (Å²) in [5.74, 6) is -11.1. The van der Waals surface area contributed by atoms with Crippen LogP contribution in [-0.2, 0) is 29.0 Å². The van der Waals surface area contributed by atoms with Crippen LogP contribution in [0.5, 0.6) is 0 Å². The van der Waals surface area contributed by atoms with Crippen molar-refractivity contribution < 1.29 is 70.8 Å². The molecule has 0 aromatic rings. The van der Waals surface area contributed by atoms with Crippen molar-refractivity contribution in [1.82, 2.24) is 26.2 Å². The van der Waals surface area contributed by atoms with Crippen molar-refractivity contribution in [1.29, 1.82) is 0 Å². The maximum atomic E-state index is 15.0. The quantitative estimate of drug-likeness (QED) is 0.209. The average molecular weight is 736 g/mol. The molecule has 1 saturated heterocycles. The van der Waals surface area contributed by atoms with E-state index < -0.39 is 187 Å². The largest absolute Gasteiger partial charge is 0.347 e. The molecule has 0 unspecified atom stereocenters. The monoisotopic (exact) mass is 736 g/mol. The summed E-state index contributed by atoms with van der Waals surface area (Å²) >= 11 is 0. The number of urea groups is 1. The number of ketones is 1. The fraction of sp³-hybridized carbons (Fsp3) is 0.861. The summed E-state index contributed by atoms with van der Waals surface area (Å²) in [6.07, 6.45) is -34.8. The second-order valence-corrected chi connectivity index (χ2v) is 16.3. The van der Waals surface area contributed by atoms with Crippen molar-refractivity contribution in [2.24, 2.45) is 22.7 Å². The topological polar surface area (TPSA) is 171 Å². The standard InChI is InChI=1S/C36H61N5O7S/c1-10-11-15-24(27(42)30(44)37-22-16-17-22)38-29(43)26-25-23(35(25,8)9)20-41(26)31(45)28(33(2,3)4)39-32(46)40-36(18-13-12-14-19-36)21-49(47,48)34(5,6)7/h22-26,28H,10-21H2,1-9H3,(H,37,44)(H,38,43)(H2,39,40,46)/t23-,24-,25-,26-,28+/m0/s1/i1D3,5D3,6D3,7D3,10D2,11D2,12D2,13D2,14D2,15D2,18D2,19D2. The molecule has 278 valence electrons. The fourth-order valence-electron chi connectivity index (χ4n) is 6.01. The Morgan fingerprint density at radius 3 is 2.24 bits per heavy atom. The Labute approximate surface area is 332 Å². The zero-order valence-corrected chi connectivity index (χ0v) is 28.3. The van der Waals surface area contributed by atoms with Gasteiger partial charge in [0.1, 0.15) is 12.1 Å². The molecule has 4 N–H and O–H groups in total. The molecule has 1 aliphatic heterocycles. The van der Waals surface area contributed by atoms with Crippen LogP contribution in [0.1, 0.15) is 164 Å². The van der Waals surface area contributed by atoms with Crippen LogP contribution < -0.4 is 21.3 Å². The van der Waals surface area contributed by atoms with Crippen molar-refractivity contribution in [3.63, 3.8) is 0 Å². The van der Waals surface area contributed by atoms with E-state index in [1.54, 1.807) is 13.8 Å². The molecule has 12 nitrogen and oxygen atoms in total. The third kappa shape index (κ3) is 8.79. The van der Waals surface area contributed by atoms with Crippen LogP contribution in [0.2, 0.25) is 0 Å². The first-order valence-corrected chi connectivity index (χ1v) is 16.9. The molecule has 5 amide bonds. The predicted molar refractivity (Wildman–Crippen MR) is 188 cm³/mol. The number of rotatable bonds is 13. The zero-order valence-electron chi connectivity index (χ0n) is 55.5. The molecular formula is C36H61N5O7S. The number of hydrogen-bond acceptors (Lipinski definition) is 7. The van der Waals surface area contributed by atoms with E-state index in [0.717, 1.165) is 0 Å². The van der Waals surface area contributed by atoms with Crippen molar-refractivity contribution >= 4 is 39.4 Å². The lowest BCUT2D eigenvalue weighted by Gasteiger charge is -2.41. The van der Waals surface area contributed by atoms with Crippen LogP contribution in [0.15, 0.2) is 0 Å². The highest BCUT2D eigenvalue weighted by Gasteiger charge is 2.70. The minimum Gasteiger partial charge on any atom is -0.347 e. The van der Waals surface area contributed by atoms with Crippen LogP contribution in [0.3, 0.4) is 0 Å². The Morgan fingerprint density at radius 1 is 1.02 bits per heavy atom. The van der Waals surface area contributed by atoms with Gasteiger partial charge in [0.2, 0.25) is 17.6 Å². The molecule has 4 aliphatic rings. The predicted octanol–water partition coefficient (Wildman–Crippen LogP) is 3.62. The average Bonchev–Trinajstić information content (AvgIpc) is 4.04. The van der Waals surface area contributed by atoms with Crippen molar-refractivity contribution in [3.05, 3.63) is 0 Å². The number of carbonyl (C=O) groups is 5. The van der Waals surface area contributed by atoms with E-state index in [1.165, 1.54) is 26.1 Å². The van der Waals surface area contributed by atoms with Crippen LogP contribution in [-0.4, -0.2) is 89.6 Å². The van der Waals surface area contributed by atoms with Crippen molar-refractivity contribution in [2.75, 3.05) is 12.3 Å². The molecule has 0 bridgehead atoms. The normalized spacial score (nSPS) is 41.2. The van der Waals surface area contributed by atoms with E-state index in [-0.39, 0.29) is 0 Å². The summed E-state index contributed by atoms with van der Waals surface area (Å²) in [6, 6.07) is -9.99. The number of nitrogens with zero attached hydrogens (tertiary/aromatic N) is 1. The van der Waals surface area contributed by atoms with Crippen LogP contribution in [0.4, 0.5) is 4.79 Å². The van der Waals surface area contributed by atoms with E-state index >= 15 is 4.79 Å². The summed E-state index contributed by atoms with van der Waals surface area (Å²) in [6.45, 7) is -11.8. The first-order chi connectivity index (χ1) is 33.5. The number of fused-ring (bicyclic) bond motifs is 1. The SMILES string of the molecule is [2H]C([2H])([2H])C([2H])([2H])C([2H])([2H])C([2H])([2H])[C@H](NC(=O)[C@@H]1[C@@H]2[C@H](CN1C(=O)[C@@H](NC(=O)NC1(CS(=O)(=O)C(C([2H])([2H])[2H])(C([2H])([2H])[2H])C([2H])([2H])[2H])C([2H])([2H])C([2H])([2H])C([2H])([2H])C([2H])([2H])C1([2H])[2H])C(C)(C)C)C2(C)C)C(=O)C(=O)NC1CC1. The molecule has 4 fully saturated rings. The van der Waals surface area contributed by atoms with E-state index in [2.05, 4.69) is 5.32 Å². The number of nitrogens with one attached hydrogen (secondary N) is 4. The lowest BCUT2D eigenvalue weighted by atomic mass is 9.83. The first-order valence-electron chi connectivity index (χ1n) is 29.3. The Kier molecular flexibility index (Phi) is 4.59. The maximum absolute atomic E-state index is 15.0. The molecule has 13 heteroatoms. The molecule has 3 aliphatic carbocycles. The molecule has 1 heterocycles. The van der Waals surface area contributed by atoms with Crippen LogP contribution >= 0.6 is 0 Å². The molecular weight excluding hydrogens is 646 g/mol. The summed E-state index contributed by atoms with van der Waals surface area (Å²) in [7, 11) is -6.95. The second kappa shape index (κ2) is 14.1. The lowest BCUT2D eigenvalue weighted by Crippen LogP contribution is -2.64. The van der Waals surface area contributed by atoms with Gasteiger partial charge in [-0.1, -0.05) is 73.3 Å². The Bertz CT molecular complexity index is 2450. The number of likely N-dealkylation sites (tertiary alicyclic amines) is 1. The van der Waals surface area contributed by atoms with Gasteiger partial charge < -0.3 is 26.2 Å². The van der Waals surface area contributed by atoms with Gasteiger partial charge in [0, 0.05) is 51.0 Å². The summed E-state index contributed by atoms with van der Waals surface area (Å²) in [5, 5.41) is 7.50. The van der Waals surface area contributed by atoms with E-state index in [4.69, 9.17) is 38.4 Å². The molecule has 49 heavy (non-hydrogen) atoms. The minimum atomic E-state index is -6.95. The Morgan fingerprint density at radius 2 is 1.67 bits per heavy atom. The number of amides is 5. The molecule has 5 atom stereocenters. The fourth-order valence-corrected chi connectivity index (χ4v) is 7.01. The van der Waals surface area contributed by atoms with Gasteiger partial charge in [-0.2, -0.15) is 0 Å². The second-order valence-electron chi connectivity index (χ2n) is 14.2. The van der Waals surface area contributed by atoms with Gasteiger partial charge in [-0.25, -0.2) is 13.2 Å². The number of sulfone groups is 1. The molecule has 0 radical (unpaired) electrons. The number of hydrogen-bond donors (Lipinski definition) is 4. The first kappa shape index (κ1) is 15.9. The number of piperidine rings is 1. The van der Waals surface area contributed by atoms with Crippen molar-refractivity contribution in [3.8, 4) is 0 Å². The van der Waals surface area contributed by atoms with Crippen LogP contribution in [0, 0.1) is 22.7 Å². The van der Waals surface area contributed by atoms with Gasteiger partial charge in [0.15, 0.2) is 9.84 Å². The van der Waals surface area contributed by atoms with Gasteiger partial charge >= 0.3 is 6.03 Å². The maximum Gasteiger partial charge on any atom is 0.315 e. The molecule has 0 aromatic heterocycles. The Balaban J connectivity index is 1.93.